The molecule has 4 rings (SSSR count). The number of fused-ring (bicyclic) bond motifs is 1. The maximum atomic E-state index is 4.88. The summed E-state index contributed by atoms with van der Waals surface area (Å²) >= 11 is 0. The van der Waals surface area contributed by atoms with Crippen LogP contribution >= 0.6 is 12.4 Å². The maximum Gasteiger partial charge on any atom is 0.229 e. The molecule has 0 aliphatic carbocycles. The van der Waals surface area contributed by atoms with Crippen LogP contribution in [0, 0.1) is 13.8 Å². The largest absolute Gasteiger partial charge is 0.356 e. The van der Waals surface area contributed by atoms with E-state index in [1.807, 2.05) is 6.07 Å². The molecule has 0 saturated carbocycles. The van der Waals surface area contributed by atoms with Gasteiger partial charge in [0.2, 0.25) is 5.95 Å². The van der Waals surface area contributed by atoms with Gasteiger partial charge in [0, 0.05) is 24.2 Å². The first-order valence-corrected chi connectivity index (χ1v) is 9.06. The Morgan fingerprint density at radius 3 is 2.31 bits per heavy atom. The Morgan fingerprint density at radius 2 is 1.58 bits per heavy atom. The van der Waals surface area contributed by atoms with Gasteiger partial charge in [-0.15, -0.1) is 12.4 Å². The van der Waals surface area contributed by atoms with E-state index in [4.69, 9.17) is 9.97 Å². The van der Waals surface area contributed by atoms with E-state index in [0.29, 0.717) is 5.95 Å². The molecule has 1 aliphatic heterocycles. The number of para-hydroxylation sites is 1. The summed E-state index contributed by atoms with van der Waals surface area (Å²) in [4.78, 5) is 12.0. The number of nitrogens with zero attached hydrogens (tertiary/aromatic N) is 3. The van der Waals surface area contributed by atoms with Crippen molar-refractivity contribution in [1.82, 2.24) is 9.97 Å². The summed E-state index contributed by atoms with van der Waals surface area (Å²) in [7, 11) is 0. The highest BCUT2D eigenvalue weighted by Gasteiger charge is 2.17. The summed E-state index contributed by atoms with van der Waals surface area (Å²) in [5, 5.41) is 4.54. The normalized spacial score (nSPS) is 14.2. The van der Waals surface area contributed by atoms with Gasteiger partial charge in [0.05, 0.1) is 5.52 Å². The van der Waals surface area contributed by atoms with Crippen LogP contribution in [-0.2, 0) is 0 Å². The Bertz CT molecular complexity index is 883. The van der Waals surface area contributed by atoms with Gasteiger partial charge < -0.3 is 10.2 Å². The van der Waals surface area contributed by atoms with Gasteiger partial charge >= 0.3 is 0 Å². The second-order valence-electron chi connectivity index (χ2n) is 6.94. The third-order valence-corrected chi connectivity index (χ3v) is 4.72. The van der Waals surface area contributed by atoms with Crippen LogP contribution in [0.1, 0.15) is 30.4 Å². The van der Waals surface area contributed by atoms with Crippen LogP contribution in [0.3, 0.4) is 0 Å². The predicted molar refractivity (Wildman–Crippen MR) is 112 cm³/mol. The van der Waals surface area contributed by atoms with E-state index in [0.717, 1.165) is 35.5 Å². The summed E-state index contributed by atoms with van der Waals surface area (Å²) in [6.07, 6.45) is 3.78. The van der Waals surface area contributed by atoms with Crippen molar-refractivity contribution in [2.45, 2.75) is 33.1 Å². The average molecular weight is 369 g/mol. The monoisotopic (exact) mass is 368 g/mol. The Labute approximate surface area is 161 Å². The number of aromatic nitrogens is 2. The standard InChI is InChI=1S/C21H24N4.ClH/c1-15-12-16(2)14-17(13-15)22-21-23-19-9-5-4-8-18(19)20(24-21)25-10-6-3-7-11-25;/h4-5,8-9,12-14H,3,6-7,10-11H2,1-2H3,(H,22,23,24);1H. The minimum atomic E-state index is 0. The van der Waals surface area contributed by atoms with Crippen molar-refractivity contribution < 1.29 is 0 Å². The molecule has 0 bridgehead atoms. The molecule has 0 spiro atoms. The molecule has 1 N–H and O–H groups in total. The summed E-state index contributed by atoms with van der Waals surface area (Å²) in [5.41, 5.74) is 4.50. The van der Waals surface area contributed by atoms with E-state index < -0.39 is 0 Å². The number of rotatable bonds is 3. The van der Waals surface area contributed by atoms with Crippen molar-refractivity contribution in [2.24, 2.45) is 0 Å². The van der Waals surface area contributed by atoms with Crippen LogP contribution in [0.2, 0.25) is 0 Å². The highest BCUT2D eigenvalue weighted by molar-refractivity contribution is 5.90. The van der Waals surface area contributed by atoms with Gasteiger partial charge in [0.15, 0.2) is 0 Å². The molecule has 1 fully saturated rings. The number of hydrogen-bond donors (Lipinski definition) is 1. The molecular weight excluding hydrogens is 344 g/mol. The summed E-state index contributed by atoms with van der Waals surface area (Å²) in [6.45, 7) is 6.37. The van der Waals surface area contributed by atoms with E-state index in [1.54, 1.807) is 0 Å². The molecule has 0 unspecified atom stereocenters. The van der Waals surface area contributed by atoms with Crippen molar-refractivity contribution in [2.75, 3.05) is 23.3 Å². The quantitative estimate of drug-likeness (QED) is 0.671. The zero-order valence-corrected chi connectivity index (χ0v) is 16.1. The Morgan fingerprint density at radius 1 is 0.885 bits per heavy atom. The fourth-order valence-electron chi connectivity index (χ4n) is 3.64. The zero-order chi connectivity index (χ0) is 17.2. The van der Waals surface area contributed by atoms with Crippen LogP contribution in [0.4, 0.5) is 17.5 Å². The topological polar surface area (TPSA) is 41.1 Å². The fraction of sp³-hybridized carbons (Fsp3) is 0.333. The zero-order valence-electron chi connectivity index (χ0n) is 15.3. The van der Waals surface area contributed by atoms with Gasteiger partial charge in [-0.25, -0.2) is 4.98 Å². The third-order valence-electron chi connectivity index (χ3n) is 4.72. The number of hydrogen-bond acceptors (Lipinski definition) is 4. The lowest BCUT2D eigenvalue weighted by Crippen LogP contribution is -2.30. The number of nitrogens with one attached hydrogen (secondary N) is 1. The average Bonchev–Trinajstić information content (AvgIpc) is 2.61. The summed E-state index contributed by atoms with van der Waals surface area (Å²) in [5.74, 6) is 1.72. The summed E-state index contributed by atoms with van der Waals surface area (Å²) < 4.78 is 0. The van der Waals surface area contributed by atoms with Crippen LogP contribution in [0.5, 0.6) is 0 Å². The Kier molecular flexibility index (Phi) is 5.62. The van der Waals surface area contributed by atoms with Gasteiger partial charge in [-0.3, -0.25) is 0 Å². The van der Waals surface area contributed by atoms with Gasteiger partial charge in [-0.1, -0.05) is 18.2 Å². The molecule has 26 heavy (non-hydrogen) atoms. The van der Waals surface area contributed by atoms with Gasteiger partial charge in [0.1, 0.15) is 5.82 Å². The first-order chi connectivity index (χ1) is 12.2. The fourth-order valence-corrected chi connectivity index (χ4v) is 3.64. The van der Waals surface area contributed by atoms with Gasteiger partial charge in [-0.2, -0.15) is 4.98 Å². The lowest BCUT2D eigenvalue weighted by molar-refractivity contribution is 0.575. The van der Waals surface area contributed by atoms with Crippen molar-refractivity contribution in [1.29, 1.82) is 0 Å². The van der Waals surface area contributed by atoms with E-state index in [1.165, 1.54) is 30.4 Å². The lowest BCUT2D eigenvalue weighted by Gasteiger charge is -2.29. The van der Waals surface area contributed by atoms with Crippen LogP contribution in [0.15, 0.2) is 42.5 Å². The Hall–Kier alpha value is -2.33. The van der Waals surface area contributed by atoms with Crippen molar-refractivity contribution in [3.8, 4) is 0 Å². The molecule has 0 atom stereocenters. The van der Waals surface area contributed by atoms with E-state index in [-0.39, 0.29) is 12.4 Å². The number of benzene rings is 2. The molecule has 3 aromatic rings. The van der Waals surface area contributed by atoms with Crippen molar-refractivity contribution in [3.63, 3.8) is 0 Å². The highest BCUT2D eigenvalue weighted by atomic mass is 35.5. The molecule has 2 aromatic carbocycles. The third kappa shape index (κ3) is 3.91. The van der Waals surface area contributed by atoms with Crippen LogP contribution in [-0.4, -0.2) is 23.1 Å². The molecule has 0 amide bonds. The first kappa shape index (κ1) is 18.5. The predicted octanol–water partition coefficient (Wildman–Crippen LogP) is 5.40. The van der Waals surface area contributed by atoms with Crippen molar-refractivity contribution >= 4 is 40.8 Å². The smallest absolute Gasteiger partial charge is 0.229 e. The molecule has 0 radical (unpaired) electrons. The second kappa shape index (κ2) is 7.92. The second-order valence-corrected chi connectivity index (χ2v) is 6.94. The minimum absolute atomic E-state index is 0. The van der Waals surface area contributed by atoms with E-state index >= 15 is 0 Å². The maximum absolute atomic E-state index is 4.88. The number of anilines is 3. The highest BCUT2D eigenvalue weighted by Crippen LogP contribution is 2.28. The summed E-state index contributed by atoms with van der Waals surface area (Å²) in [6, 6.07) is 14.7. The van der Waals surface area contributed by atoms with E-state index in [2.05, 4.69) is 60.5 Å². The van der Waals surface area contributed by atoms with Crippen LogP contribution in [0.25, 0.3) is 10.9 Å². The molecule has 4 nitrogen and oxygen atoms in total. The molecule has 1 aliphatic rings. The SMILES string of the molecule is Cc1cc(C)cc(Nc2nc(N3CCCCC3)c3ccccc3n2)c1.Cl. The lowest BCUT2D eigenvalue weighted by atomic mass is 10.1. The molecular formula is C21H25ClN4. The van der Waals surface area contributed by atoms with Gasteiger partial charge in [0.25, 0.3) is 0 Å². The van der Waals surface area contributed by atoms with Crippen LogP contribution < -0.4 is 10.2 Å². The molecule has 5 heteroatoms. The molecule has 2 heterocycles. The van der Waals surface area contributed by atoms with E-state index in [9.17, 15) is 0 Å². The minimum Gasteiger partial charge on any atom is -0.356 e. The molecule has 1 saturated heterocycles. The number of piperidine rings is 1. The number of aryl methyl sites for hydroxylation is 2. The molecule has 1 aromatic heterocycles. The Balaban J connectivity index is 0.00000196. The van der Waals surface area contributed by atoms with Gasteiger partial charge in [-0.05, 0) is 68.5 Å². The van der Waals surface area contributed by atoms with Crippen molar-refractivity contribution in [3.05, 3.63) is 53.6 Å². The number of halogens is 1. The molecule has 136 valence electrons. The first-order valence-electron chi connectivity index (χ1n) is 9.06.